The number of amides is 3. The van der Waals surface area contributed by atoms with Crippen LogP contribution < -0.4 is 20.4 Å². The lowest BCUT2D eigenvalue weighted by Gasteiger charge is -2.53. The van der Waals surface area contributed by atoms with Crippen molar-refractivity contribution in [1.29, 1.82) is 5.26 Å². The van der Waals surface area contributed by atoms with Gasteiger partial charge >= 0.3 is 0 Å². The maximum Gasteiger partial charge on any atom is 0.265 e. The van der Waals surface area contributed by atoms with Gasteiger partial charge in [-0.15, -0.1) is 11.3 Å². The summed E-state index contributed by atoms with van der Waals surface area (Å²) in [6, 6.07) is 26.0. The van der Waals surface area contributed by atoms with Crippen molar-refractivity contribution in [3.63, 3.8) is 0 Å². The van der Waals surface area contributed by atoms with Crippen LogP contribution in [0.1, 0.15) is 65.5 Å². The van der Waals surface area contributed by atoms with E-state index in [-0.39, 0.29) is 23.1 Å². The lowest BCUT2D eigenvalue weighted by molar-refractivity contribution is -0.000511. The minimum atomic E-state index is -0.273. The molecule has 8 rings (SSSR count). The van der Waals surface area contributed by atoms with Crippen molar-refractivity contribution >= 4 is 51.9 Å². The molecule has 0 radical (unpaired) electrons. The summed E-state index contributed by atoms with van der Waals surface area (Å²) in [6.07, 6.45) is 4.41. The van der Waals surface area contributed by atoms with E-state index in [0.29, 0.717) is 51.7 Å². The van der Waals surface area contributed by atoms with Gasteiger partial charge in [-0.2, -0.15) is 5.26 Å². The summed E-state index contributed by atoms with van der Waals surface area (Å²) in [5, 5.41) is 15.5. The summed E-state index contributed by atoms with van der Waals surface area (Å²) in [5.41, 5.74) is 7.12. The van der Waals surface area contributed by atoms with Gasteiger partial charge in [-0.1, -0.05) is 30.3 Å². The molecule has 0 unspecified atom stereocenters. The molecule has 266 valence electrons. The number of aryl methyl sites for hydroxylation is 2. The van der Waals surface area contributed by atoms with Crippen molar-refractivity contribution in [3.8, 4) is 16.5 Å². The Labute approximate surface area is 312 Å². The van der Waals surface area contributed by atoms with Gasteiger partial charge in [0.1, 0.15) is 11.9 Å². The second kappa shape index (κ2) is 14.0. The van der Waals surface area contributed by atoms with Crippen molar-refractivity contribution in [1.82, 2.24) is 4.98 Å². The summed E-state index contributed by atoms with van der Waals surface area (Å²) >= 11 is 1.38. The fourth-order valence-electron chi connectivity index (χ4n) is 7.59. The number of para-hydroxylation sites is 2. The number of thiophene rings is 1. The van der Waals surface area contributed by atoms with Crippen molar-refractivity contribution in [3.05, 3.63) is 123 Å². The molecule has 5 aromatic rings. The van der Waals surface area contributed by atoms with E-state index in [9.17, 15) is 19.6 Å². The molecule has 0 atom stereocenters. The molecule has 2 saturated heterocycles. The highest BCUT2D eigenvalue weighted by Crippen LogP contribution is 2.44. The van der Waals surface area contributed by atoms with E-state index in [1.54, 1.807) is 47.5 Å². The van der Waals surface area contributed by atoms with Crippen LogP contribution in [-0.2, 0) is 11.2 Å². The van der Waals surface area contributed by atoms with Crippen LogP contribution in [0, 0.1) is 30.6 Å². The van der Waals surface area contributed by atoms with E-state index in [2.05, 4.69) is 26.6 Å². The molecular weight excluding hydrogens is 685 g/mol. The average Bonchev–Trinajstić information content (AvgIpc) is 3.53. The van der Waals surface area contributed by atoms with Gasteiger partial charge < -0.3 is 25.2 Å². The molecule has 11 heteroatoms. The van der Waals surface area contributed by atoms with E-state index in [1.165, 1.54) is 11.3 Å². The maximum atomic E-state index is 14.1. The highest BCUT2D eigenvalue weighted by atomic mass is 32.1. The van der Waals surface area contributed by atoms with E-state index in [1.807, 2.05) is 56.3 Å². The highest BCUT2D eigenvalue weighted by Gasteiger charge is 2.45. The third-order valence-electron chi connectivity index (χ3n) is 10.5. The SMILES string of the molecule is Cc1cnc(N2CC3(CCOCC3)C2)c(C(=O)Nc2ccc(C(=O)N3CCc4cc(C(=O)Nc5c(C)cccc5C#N)sc4-c4ccccc43)cc2)c1. The number of carbonyl (C=O) groups is 3. The van der Waals surface area contributed by atoms with Crippen LogP contribution >= 0.6 is 11.3 Å². The molecule has 3 aliphatic heterocycles. The Hall–Kier alpha value is -5.83. The molecule has 0 bridgehead atoms. The molecule has 3 aliphatic rings. The van der Waals surface area contributed by atoms with Crippen LogP contribution in [0.2, 0.25) is 0 Å². The van der Waals surface area contributed by atoms with Gasteiger partial charge in [-0.05, 0) is 98.3 Å². The van der Waals surface area contributed by atoms with Gasteiger partial charge in [0.05, 0.1) is 27.4 Å². The molecule has 5 heterocycles. The van der Waals surface area contributed by atoms with Gasteiger partial charge in [0.15, 0.2) is 0 Å². The highest BCUT2D eigenvalue weighted by molar-refractivity contribution is 7.17. The number of fused-ring (bicyclic) bond motifs is 3. The van der Waals surface area contributed by atoms with Gasteiger partial charge in [0.25, 0.3) is 17.7 Å². The lowest BCUT2D eigenvalue weighted by Crippen LogP contribution is -2.59. The van der Waals surface area contributed by atoms with Crippen LogP contribution in [0.5, 0.6) is 0 Å². The fraction of sp³-hybridized carbons (Fsp3) is 0.262. The first-order chi connectivity index (χ1) is 25.7. The summed E-state index contributed by atoms with van der Waals surface area (Å²) in [4.78, 5) is 51.2. The Morgan fingerprint density at radius 3 is 2.47 bits per heavy atom. The van der Waals surface area contributed by atoms with Crippen molar-refractivity contribution < 1.29 is 19.1 Å². The molecule has 2 aromatic heterocycles. The van der Waals surface area contributed by atoms with Crippen molar-refractivity contribution in [2.75, 3.05) is 53.3 Å². The number of benzene rings is 3. The Morgan fingerprint density at radius 2 is 1.70 bits per heavy atom. The third kappa shape index (κ3) is 6.56. The van der Waals surface area contributed by atoms with Crippen LogP contribution in [-0.4, -0.2) is 55.6 Å². The second-order valence-corrected chi connectivity index (χ2v) is 15.2. The minimum Gasteiger partial charge on any atom is -0.381 e. The first-order valence-corrected chi connectivity index (χ1v) is 18.6. The zero-order valence-electron chi connectivity index (χ0n) is 29.6. The van der Waals surface area contributed by atoms with Gasteiger partial charge in [-0.3, -0.25) is 14.4 Å². The molecule has 1 spiro atoms. The molecule has 3 amide bonds. The first-order valence-electron chi connectivity index (χ1n) is 17.8. The number of hydrogen-bond acceptors (Lipinski definition) is 8. The van der Waals surface area contributed by atoms with Crippen LogP contribution in [0.3, 0.4) is 0 Å². The Balaban J connectivity index is 0.978. The number of carbonyl (C=O) groups excluding carboxylic acids is 3. The lowest BCUT2D eigenvalue weighted by atomic mass is 9.73. The van der Waals surface area contributed by atoms with E-state index >= 15 is 0 Å². The molecule has 53 heavy (non-hydrogen) atoms. The summed E-state index contributed by atoms with van der Waals surface area (Å²) < 4.78 is 5.57. The van der Waals surface area contributed by atoms with Crippen molar-refractivity contribution in [2.24, 2.45) is 5.41 Å². The van der Waals surface area contributed by atoms with Crippen LogP contribution in [0.15, 0.2) is 85.1 Å². The minimum absolute atomic E-state index is 0.156. The van der Waals surface area contributed by atoms with E-state index in [4.69, 9.17) is 4.74 Å². The smallest absolute Gasteiger partial charge is 0.265 e. The largest absolute Gasteiger partial charge is 0.381 e. The Morgan fingerprint density at radius 1 is 0.925 bits per heavy atom. The van der Waals surface area contributed by atoms with Gasteiger partial charge in [0, 0.05) is 66.2 Å². The fourth-order valence-corrected chi connectivity index (χ4v) is 8.73. The summed E-state index contributed by atoms with van der Waals surface area (Å²) in [6.45, 7) is 7.51. The molecule has 0 aliphatic carbocycles. The van der Waals surface area contributed by atoms with Gasteiger partial charge in [0.2, 0.25) is 0 Å². The molecule has 10 nitrogen and oxygen atoms in total. The third-order valence-corrected chi connectivity index (χ3v) is 11.7. The maximum absolute atomic E-state index is 14.1. The molecule has 3 aromatic carbocycles. The second-order valence-electron chi connectivity index (χ2n) is 14.1. The zero-order chi connectivity index (χ0) is 36.7. The first kappa shape index (κ1) is 34.3. The van der Waals surface area contributed by atoms with Crippen LogP contribution in [0.25, 0.3) is 10.4 Å². The number of hydrogen-bond donors (Lipinski definition) is 2. The average molecular weight is 723 g/mol. The van der Waals surface area contributed by atoms with Gasteiger partial charge in [-0.25, -0.2) is 4.98 Å². The predicted molar refractivity (Wildman–Crippen MR) is 207 cm³/mol. The summed E-state index contributed by atoms with van der Waals surface area (Å²) in [5.74, 6) is 0.0214. The monoisotopic (exact) mass is 722 g/mol. The number of ether oxygens (including phenoxy) is 1. The number of nitrogens with one attached hydrogen (secondary N) is 2. The number of nitrogens with zero attached hydrogens (tertiary/aromatic N) is 4. The topological polar surface area (TPSA) is 128 Å². The van der Waals surface area contributed by atoms with E-state index < -0.39 is 0 Å². The standard InChI is InChI=1S/C42H38N6O4S/c1-26-20-33(38(44-23-26)47-24-42(25-47)15-18-52-19-16-42)39(49)45-31-12-10-28(11-13-31)41(51)48-17-14-29-21-35(53-37(29)32-8-3-4-9-34(32)48)40(50)46-36-27(2)6-5-7-30(36)22-43/h3-13,20-21,23H,14-19,24-25H2,1-2H3,(H,45,49)(H,46,50). The number of anilines is 4. The number of rotatable bonds is 6. The quantitative estimate of drug-likeness (QED) is 0.185. The molecule has 2 fully saturated rings. The summed E-state index contributed by atoms with van der Waals surface area (Å²) in [7, 11) is 0. The molecule has 0 saturated carbocycles. The Bertz CT molecular complexity index is 2300. The Kier molecular flexibility index (Phi) is 9.02. The number of nitriles is 1. The van der Waals surface area contributed by atoms with Crippen LogP contribution in [0.4, 0.5) is 22.9 Å². The normalized spacial score (nSPS) is 15.7. The predicted octanol–water partition coefficient (Wildman–Crippen LogP) is 7.62. The van der Waals surface area contributed by atoms with E-state index in [0.717, 1.165) is 72.0 Å². The number of pyridine rings is 1. The van der Waals surface area contributed by atoms with Crippen molar-refractivity contribution in [2.45, 2.75) is 33.1 Å². The molecule has 2 N–H and O–H groups in total. The molecular formula is C42H38N6O4S. The zero-order valence-corrected chi connectivity index (χ0v) is 30.4. The number of aromatic nitrogens is 1.